The summed E-state index contributed by atoms with van der Waals surface area (Å²) in [4.78, 5) is 0. The fraction of sp³-hybridized carbons (Fsp3) is 0.188. The number of aryl methyl sites for hydroxylation is 1. The van der Waals surface area contributed by atoms with Crippen molar-refractivity contribution >= 4 is 5.84 Å². The average molecular weight is 270 g/mol. The summed E-state index contributed by atoms with van der Waals surface area (Å²) in [7, 11) is 0. The summed E-state index contributed by atoms with van der Waals surface area (Å²) in [6, 6.07) is 15.7. The Morgan fingerprint density at radius 3 is 2.55 bits per heavy atom. The largest absolute Gasteiger partial charge is 0.409 e. The van der Waals surface area contributed by atoms with Crippen LogP contribution >= 0.6 is 0 Å². The van der Waals surface area contributed by atoms with Crippen molar-refractivity contribution in [3.8, 4) is 0 Å². The number of rotatable bonds is 5. The average Bonchev–Trinajstić information content (AvgIpc) is 2.49. The zero-order valence-electron chi connectivity index (χ0n) is 11.4. The van der Waals surface area contributed by atoms with E-state index in [9.17, 15) is 0 Å². The third kappa shape index (κ3) is 3.59. The second-order valence-corrected chi connectivity index (χ2v) is 4.60. The summed E-state index contributed by atoms with van der Waals surface area (Å²) in [5.41, 5.74) is 9.57. The highest BCUT2D eigenvalue weighted by molar-refractivity contribution is 5.97. The summed E-state index contributed by atoms with van der Waals surface area (Å²) in [6.07, 6.45) is 0. The van der Waals surface area contributed by atoms with Crippen molar-refractivity contribution in [3.63, 3.8) is 0 Å². The fourth-order valence-electron chi connectivity index (χ4n) is 1.93. The number of amidine groups is 1. The van der Waals surface area contributed by atoms with Crippen molar-refractivity contribution in [1.29, 1.82) is 0 Å². The van der Waals surface area contributed by atoms with Crippen molar-refractivity contribution in [3.05, 3.63) is 70.8 Å². The van der Waals surface area contributed by atoms with Crippen LogP contribution in [0.5, 0.6) is 0 Å². The fourth-order valence-corrected chi connectivity index (χ4v) is 1.93. The van der Waals surface area contributed by atoms with Crippen LogP contribution in [0.25, 0.3) is 0 Å². The lowest BCUT2D eigenvalue weighted by Gasteiger charge is -2.09. The van der Waals surface area contributed by atoms with Gasteiger partial charge in [-0.1, -0.05) is 47.6 Å². The van der Waals surface area contributed by atoms with Gasteiger partial charge in [0.25, 0.3) is 0 Å². The first-order valence-corrected chi connectivity index (χ1v) is 6.40. The van der Waals surface area contributed by atoms with E-state index in [0.29, 0.717) is 18.8 Å². The normalized spacial score (nSPS) is 11.6. The highest BCUT2D eigenvalue weighted by Gasteiger charge is 2.04. The van der Waals surface area contributed by atoms with Gasteiger partial charge in [0.05, 0.1) is 13.2 Å². The monoisotopic (exact) mass is 270 g/mol. The number of nitrogens with zero attached hydrogens (tertiary/aromatic N) is 1. The van der Waals surface area contributed by atoms with Gasteiger partial charge in [0.2, 0.25) is 0 Å². The van der Waals surface area contributed by atoms with Gasteiger partial charge in [0, 0.05) is 5.56 Å². The number of hydrogen-bond acceptors (Lipinski definition) is 3. The Balaban J connectivity index is 1.97. The van der Waals surface area contributed by atoms with Crippen LogP contribution in [0, 0.1) is 6.92 Å². The summed E-state index contributed by atoms with van der Waals surface area (Å²) < 4.78 is 5.70. The van der Waals surface area contributed by atoms with Gasteiger partial charge >= 0.3 is 0 Å². The molecule has 4 nitrogen and oxygen atoms in total. The van der Waals surface area contributed by atoms with Crippen LogP contribution in [0.4, 0.5) is 0 Å². The van der Waals surface area contributed by atoms with Crippen LogP contribution in [0.3, 0.4) is 0 Å². The van der Waals surface area contributed by atoms with Crippen LogP contribution in [-0.2, 0) is 18.0 Å². The Kier molecular flexibility index (Phi) is 4.74. The molecule has 0 radical (unpaired) electrons. The maximum atomic E-state index is 8.65. The second-order valence-electron chi connectivity index (χ2n) is 4.60. The van der Waals surface area contributed by atoms with Gasteiger partial charge in [-0.05, 0) is 29.7 Å². The molecule has 2 rings (SSSR count). The highest BCUT2D eigenvalue weighted by atomic mass is 16.5. The van der Waals surface area contributed by atoms with E-state index in [1.54, 1.807) is 0 Å². The van der Waals surface area contributed by atoms with Crippen molar-refractivity contribution in [2.24, 2.45) is 10.9 Å². The van der Waals surface area contributed by atoms with Crippen LogP contribution in [0.2, 0.25) is 0 Å². The molecule has 0 saturated carbocycles. The number of nitrogens with two attached hydrogens (primary N) is 1. The Labute approximate surface area is 118 Å². The molecule has 0 atom stereocenters. The molecule has 0 unspecified atom stereocenters. The van der Waals surface area contributed by atoms with Crippen molar-refractivity contribution in [1.82, 2.24) is 0 Å². The maximum Gasteiger partial charge on any atom is 0.170 e. The molecule has 0 aromatic heterocycles. The van der Waals surface area contributed by atoms with Gasteiger partial charge in [0.1, 0.15) is 0 Å². The third-order valence-corrected chi connectivity index (χ3v) is 3.12. The second kappa shape index (κ2) is 6.73. The van der Waals surface area contributed by atoms with Crippen LogP contribution in [0.15, 0.2) is 53.7 Å². The first-order valence-electron chi connectivity index (χ1n) is 6.40. The first kappa shape index (κ1) is 14.1. The smallest absolute Gasteiger partial charge is 0.170 e. The molecule has 20 heavy (non-hydrogen) atoms. The van der Waals surface area contributed by atoms with E-state index in [-0.39, 0.29) is 5.84 Å². The number of benzene rings is 2. The van der Waals surface area contributed by atoms with Crippen LogP contribution < -0.4 is 5.73 Å². The Hall–Kier alpha value is -2.33. The van der Waals surface area contributed by atoms with Gasteiger partial charge in [-0.25, -0.2) is 0 Å². The summed E-state index contributed by atoms with van der Waals surface area (Å²) in [6.45, 7) is 3.11. The summed E-state index contributed by atoms with van der Waals surface area (Å²) in [5.74, 6) is 0.116. The van der Waals surface area contributed by atoms with Crippen molar-refractivity contribution < 1.29 is 9.94 Å². The lowest BCUT2D eigenvalue weighted by atomic mass is 10.1. The predicted octanol–water partition coefficient (Wildman–Crippen LogP) is 2.81. The maximum absolute atomic E-state index is 8.65. The van der Waals surface area contributed by atoms with Gasteiger partial charge < -0.3 is 15.7 Å². The molecule has 3 N–H and O–H groups in total. The molecule has 0 aliphatic heterocycles. The van der Waals surface area contributed by atoms with E-state index in [1.165, 1.54) is 0 Å². The van der Waals surface area contributed by atoms with Gasteiger partial charge in [-0.3, -0.25) is 0 Å². The standard InChI is InChI=1S/C16H18N2O2/c1-12-9-14(16(17)18-19)7-8-15(12)11-20-10-13-5-3-2-4-6-13/h2-9,19H,10-11H2,1H3,(H2,17,18). The minimum Gasteiger partial charge on any atom is -0.409 e. The van der Waals surface area contributed by atoms with E-state index >= 15 is 0 Å². The minimum absolute atomic E-state index is 0.116. The molecule has 0 spiro atoms. The molecule has 2 aromatic rings. The van der Waals surface area contributed by atoms with Crippen molar-refractivity contribution in [2.45, 2.75) is 20.1 Å². The Morgan fingerprint density at radius 2 is 1.90 bits per heavy atom. The number of ether oxygens (including phenoxy) is 1. The third-order valence-electron chi connectivity index (χ3n) is 3.12. The quantitative estimate of drug-likeness (QED) is 0.380. The van der Waals surface area contributed by atoms with E-state index in [1.807, 2.05) is 55.5 Å². The number of hydrogen-bond donors (Lipinski definition) is 2. The van der Waals surface area contributed by atoms with E-state index in [0.717, 1.165) is 16.7 Å². The summed E-state index contributed by atoms with van der Waals surface area (Å²) in [5, 5.41) is 11.6. The molecule has 0 aliphatic rings. The highest BCUT2D eigenvalue weighted by Crippen LogP contribution is 2.13. The number of oxime groups is 1. The molecule has 0 aliphatic carbocycles. The molecule has 2 aromatic carbocycles. The predicted molar refractivity (Wildman–Crippen MR) is 78.6 cm³/mol. The molecular weight excluding hydrogens is 252 g/mol. The van der Waals surface area contributed by atoms with E-state index in [2.05, 4.69) is 5.16 Å². The zero-order chi connectivity index (χ0) is 14.4. The molecule has 0 saturated heterocycles. The van der Waals surface area contributed by atoms with E-state index in [4.69, 9.17) is 15.7 Å². The topological polar surface area (TPSA) is 67.8 Å². The first-order chi connectivity index (χ1) is 9.70. The van der Waals surface area contributed by atoms with Gasteiger partial charge in [-0.15, -0.1) is 0 Å². The van der Waals surface area contributed by atoms with Crippen molar-refractivity contribution in [2.75, 3.05) is 0 Å². The Morgan fingerprint density at radius 1 is 1.15 bits per heavy atom. The van der Waals surface area contributed by atoms with E-state index < -0.39 is 0 Å². The molecular formula is C16H18N2O2. The van der Waals surface area contributed by atoms with Crippen LogP contribution in [-0.4, -0.2) is 11.0 Å². The lowest BCUT2D eigenvalue weighted by molar-refractivity contribution is 0.107. The SMILES string of the molecule is Cc1cc(/C(N)=N/O)ccc1COCc1ccccc1. The molecule has 104 valence electrons. The van der Waals surface area contributed by atoms with Gasteiger partial charge in [0.15, 0.2) is 5.84 Å². The Bertz CT molecular complexity index is 595. The van der Waals surface area contributed by atoms with Crippen LogP contribution in [0.1, 0.15) is 22.3 Å². The molecule has 0 amide bonds. The minimum atomic E-state index is 0.116. The summed E-state index contributed by atoms with van der Waals surface area (Å²) >= 11 is 0. The molecule has 0 heterocycles. The molecule has 0 bridgehead atoms. The zero-order valence-corrected chi connectivity index (χ0v) is 11.4. The van der Waals surface area contributed by atoms with Gasteiger partial charge in [-0.2, -0.15) is 0 Å². The lowest BCUT2D eigenvalue weighted by Crippen LogP contribution is -2.13. The molecule has 0 fully saturated rings. The molecule has 4 heteroatoms.